The molecule has 0 aromatic carbocycles. The third-order valence-corrected chi connectivity index (χ3v) is 4.74. The second-order valence-electron chi connectivity index (χ2n) is 4.42. The Morgan fingerprint density at radius 3 is 2.94 bits per heavy atom. The Balaban J connectivity index is 2.03. The van der Waals surface area contributed by atoms with Gasteiger partial charge in [0, 0.05) is 18.7 Å². The van der Waals surface area contributed by atoms with Crippen molar-refractivity contribution in [2.75, 3.05) is 18.1 Å². The van der Waals surface area contributed by atoms with Gasteiger partial charge in [-0.05, 0) is 6.92 Å². The highest BCUT2D eigenvalue weighted by molar-refractivity contribution is 7.91. The van der Waals surface area contributed by atoms with Crippen molar-refractivity contribution in [2.24, 2.45) is 0 Å². The Bertz CT molecular complexity index is 550. The van der Waals surface area contributed by atoms with E-state index < -0.39 is 15.8 Å². The third kappa shape index (κ3) is 2.88. The lowest BCUT2D eigenvalue weighted by Gasteiger charge is -2.31. The van der Waals surface area contributed by atoms with Gasteiger partial charge >= 0.3 is 5.97 Å². The van der Waals surface area contributed by atoms with Crippen molar-refractivity contribution in [3.05, 3.63) is 17.5 Å². The quantitative estimate of drug-likeness (QED) is 0.827. The molecule has 1 aliphatic rings. The summed E-state index contributed by atoms with van der Waals surface area (Å²) in [4.78, 5) is 12.6. The summed E-state index contributed by atoms with van der Waals surface area (Å²) in [5.41, 5.74) is -0.137. The van der Waals surface area contributed by atoms with Crippen molar-refractivity contribution in [1.29, 1.82) is 0 Å². The maximum Gasteiger partial charge on any atom is 0.358 e. The van der Waals surface area contributed by atoms with Crippen LogP contribution in [0.4, 0.5) is 0 Å². The first-order chi connectivity index (χ1) is 8.37. The number of hydrogen-bond acceptors (Lipinski definition) is 6. The second kappa shape index (κ2) is 4.69. The zero-order valence-electron chi connectivity index (χ0n) is 9.87. The first-order valence-electron chi connectivity index (χ1n) is 5.51. The normalized spacial score (nSPS) is 23.9. The Labute approximate surface area is 104 Å². The summed E-state index contributed by atoms with van der Waals surface area (Å²) in [7, 11) is -2.95. The van der Waals surface area contributed by atoms with E-state index in [2.05, 4.69) is 5.16 Å². The lowest BCUT2D eigenvalue weighted by Crippen LogP contribution is -2.46. The fourth-order valence-electron chi connectivity index (χ4n) is 1.96. The van der Waals surface area contributed by atoms with Crippen molar-refractivity contribution in [2.45, 2.75) is 19.5 Å². The molecule has 0 bridgehead atoms. The lowest BCUT2D eigenvalue weighted by molar-refractivity contribution is 0.0685. The van der Waals surface area contributed by atoms with Gasteiger partial charge in [0.2, 0.25) is 0 Å². The van der Waals surface area contributed by atoms with E-state index in [1.54, 1.807) is 0 Å². The predicted octanol–water partition coefficient (Wildman–Crippen LogP) is -0.00830. The van der Waals surface area contributed by atoms with E-state index >= 15 is 0 Å². The highest BCUT2D eigenvalue weighted by atomic mass is 32.2. The summed E-state index contributed by atoms with van der Waals surface area (Å²) in [5, 5.41) is 12.1. The number of carbonyl (C=O) groups is 1. The molecule has 0 saturated carbocycles. The summed E-state index contributed by atoms with van der Waals surface area (Å²) >= 11 is 0. The van der Waals surface area contributed by atoms with E-state index in [1.165, 1.54) is 6.07 Å². The Morgan fingerprint density at radius 2 is 2.39 bits per heavy atom. The first-order valence-corrected chi connectivity index (χ1v) is 7.33. The molecule has 2 rings (SSSR count). The van der Waals surface area contributed by atoms with Gasteiger partial charge in [-0.15, -0.1) is 0 Å². The van der Waals surface area contributed by atoms with Gasteiger partial charge in [0.15, 0.2) is 21.3 Å². The van der Waals surface area contributed by atoms with Crippen LogP contribution >= 0.6 is 0 Å². The molecule has 1 aromatic heterocycles. The topological polar surface area (TPSA) is 101 Å². The minimum atomic E-state index is -2.95. The number of carboxylic acid groups (broad SMARTS) is 1. The second-order valence-corrected chi connectivity index (χ2v) is 6.65. The maximum absolute atomic E-state index is 11.4. The number of sulfone groups is 1. The van der Waals surface area contributed by atoms with Crippen molar-refractivity contribution in [1.82, 2.24) is 10.1 Å². The van der Waals surface area contributed by atoms with E-state index in [1.807, 2.05) is 11.8 Å². The van der Waals surface area contributed by atoms with Crippen LogP contribution in [-0.4, -0.2) is 53.6 Å². The molecule has 0 radical (unpaired) electrons. The smallest absolute Gasteiger partial charge is 0.358 e. The highest BCUT2D eigenvalue weighted by Gasteiger charge is 2.28. The van der Waals surface area contributed by atoms with Gasteiger partial charge in [0.05, 0.1) is 18.1 Å². The molecule has 0 spiro atoms. The van der Waals surface area contributed by atoms with E-state index in [9.17, 15) is 13.2 Å². The Morgan fingerprint density at radius 1 is 1.67 bits per heavy atom. The Hall–Kier alpha value is -1.41. The van der Waals surface area contributed by atoms with Gasteiger partial charge in [0.1, 0.15) is 0 Å². The molecule has 2 heterocycles. The molecule has 1 N–H and O–H groups in total. The summed E-state index contributed by atoms with van der Waals surface area (Å²) in [5.74, 6) is -0.470. The Kier molecular flexibility index (Phi) is 3.40. The molecular formula is C10H14N2O5S. The van der Waals surface area contributed by atoms with Gasteiger partial charge in [-0.25, -0.2) is 13.2 Å². The number of aromatic nitrogens is 1. The molecule has 0 aliphatic carbocycles. The van der Waals surface area contributed by atoms with Crippen LogP contribution in [0.1, 0.15) is 23.2 Å². The number of rotatable bonds is 3. The lowest BCUT2D eigenvalue weighted by atomic mass is 10.2. The SMILES string of the molecule is CC1CS(=O)(=O)CCN1Cc1cc(C(=O)O)no1. The fourth-order valence-corrected chi connectivity index (χ4v) is 3.58. The summed E-state index contributed by atoms with van der Waals surface area (Å²) in [6.07, 6.45) is 0. The zero-order valence-corrected chi connectivity index (χ0v) is 10.7. The minimum Gasteiger partial charge on any atom is -0.476 e. The van der Waals surface area contributed by atoms with E-state index in [0.717, 1.165) is 0 Å². The molecule has 18 heavy (non-hydrogen) atoms. The van der Waals surface area contributed by atoms with Crippen LogP contribution in [0.2, 0.25) is 0 Å². The fraction of sp³-hybridized carbons (Fsp3) is 0.600. The van der Waals surface area contributed by atoms with Crippen molar-refractivity contribution >= 4 is 15.8 Å². The maximum atomic E-state index is 11.4. The largest absolute Gasteiger partial charge is 0.476 e. The van der Waals surface area contributed by atoms with Crippen molar-refractivity contribution < 1.29 is 22.8 Å². The van der Waals surface area contributed by atoms with Crippen LogP contribution in [0, 0.1) is 0 Å². The van der Waals surface area contributed by atoms with Crippen LogP contribution in [0.15, 0.2) is 10.6 Å². The number of carboxylic acids is 1. The molecule has 1 aliphatic heterocycles. The molecule has 8 heteroatoms. The third-order valence-electron chi connectivity index (χ3n) is 2.94. The van der Waals surface area contributed by atoms with Crippen LogP contribution < -0.4 is 0 Å². The van der Waals surface area contributed by atoms with Gasteiger partial charge in [-0.1, -0.05) is 5.16 Å². The minimum absolute atomic E-state index is 0.109. The highest BCUT2D eigenvalue weighted by Crippen LogP contribution is 2.15. The van der Waals surface area contributed by atoms with Gasteiger partial charge in [-0.3, -0.25) is 4.90 Å². The number of nitrogens with zero attached hydrogens (tertiary/aromatic N) is 2. The standard InChI is InChI=1S/C10H14N2O5S/c1-7-6-18(15,16)3-2-12(7)5-8-4-9(10(13)14)11-17-8/h4,7H,2-3,5-6H2,1H3,(H,13,14). The molecule has 1 atom stereocenters. The molecule has 100 valence electrons. The van der Waals surface area contributed by atoms with E-state index in [0.29, 0.717) is 18.8 Å². The van der Waals surface area contributed by atoms with Crippen LogP contribution in [0.5, 0.6) is 0 Å². The summed E-state index contributed by atoms with van der Waals surface area (Å²) in [6.45, 7) is 2.62. The van der Waals surface area contributed by atoms with Gasteiger partial charge in [-0.2, -0.15) is 0 Å². The average molecular weight is 274 g/mol. The first kappa shape index (κ1) is 13.0. The number of aromatic carboxylic acids is 1. The molecule has 1 aromatic rings. The van der Waals surface area contributed by atoms with Crippen molar-refractivity contribution in [3.8, 4) is 0 Å². The average Bonchev–Trinajstić information content (AvgIpc) is 2.70. The van der Waals surface area contributed by atoms with Crippen molar-refractivity contribution in [3.63, 3.8) is 0 Å². The van der Waals surface area contributed by atoms with Gasteiger partial charge < -0.3 is 9.63 Å². The van der Waals surface area contributed by atoms with Gasteiger partial charge in [0.25, 0.3) is 0 Å². The summed E-state index contributed by atoms with van der Waals surface area (Å²) < 4.78 is 27.7. The van der Waals surface area contributed by atoms with Crippen LogP contribution in [0.3, 0.4) is 0 Å². The van der Waals surface area contributed by atoms with E-state index in [-0.39, 0.29) is 23.2 Å². The predicted molar refractivity (Wildman–Crippen MR) is 62.0 cm³/mol. The zero-order chi connectivity index (χ0) is 13.3. The van der Waals surface area contributed by atoms with Crippen LogP contribution in [0.25, 0.3) is 0 Å². The monoisotopic (exact) mass is 274 g/mol. The van der Waals surface area contributed by atoms with Crippen LogP contribution in [-0.2, 0) is 16.4 Å². The molecule has 1 fully saturated rings. The van der Waals surface area contributed by atoms with E-state index in [4.69, 9.17) is 9.63 Å². The molecule has 0 amide bonds. The molecular weight excluding hydrogens is 260 g/mol. The summed E-state index contributed by atoms with van der Waals surface area (Å²) in [6, 6.07) is 1.25. The molecule has 7 nitrogen and oxygen atoms in total. The molecule has 1 saturated heterocycles. The molecule has 1 unspecified atom stereocenters. The number of hydrogen-bond donors (Lipinski definition) is 1.